The Morgan fingerprint density at radius 3 is 2.13 bits per heavy atom. The van der Waals surface area contributed by atoms with E-state index in [0.717, 1.165) is 23.3 Å². The molecular formula is C20H26N2O. The van der Waals surface area contributed by atoms with Gasteiger partial charge in [0.05, 0.1) is 18.7 Å². The molecule has 0 heterocycles. The minimum absolute atomic E-state index is 0.0363. The van der Waals surface area contributed by atoms with E-state index in [1.165, 1.54) is 38.5 Å². The molecular weight excluding hydrogens is 284 g/mol. The molecule has 4 saturated carbocycles. The van der Waals surface area contributed by atoms with Gasteiger partial charge in [0.15, 0.2) is 0 Å². The van der Waals surface area contributed by atoms with Gasteiger partial charge in [-0.1, -0.05) is 30.3 Å². The van der Waals surface area contributed by atoms with Crippen molar-refractivity contribution in [3.63, 3.8) is 0 Å². The predicted molar refractivity (Wildman–Crippen MR) is 89.4 cm³/mol. The smallest absolute Gasteiger partial charge is 0.102 e. The molecule has 23 heavy (non-hydrogen) atoms. The third-order valence-corrected chi connectivity index (χ3v) is 6.58. The number of nitriles is 1. The zero-order valence-corrected chi connectivity index (χ0v) is 13.6. The summed E-state index contributed by atoms with van der Waals surface area (Å²) in [5.74, 6) is 2.51. The van der Waals surface area contributed by atoms with Crippen LogP contribution in [0.1, 0.15) is 50.1 Å². The molecule has 3 nitrogen and oxygen atoms in total. The van der Waals surface area contributed by atoms with Crippen LogP contribution in [0.3, 0.4) is 0 Å². The van der Waals surface area contributed by atoms with Crippen LogP contribution in [0.5, 0.6) is 0 Å². The number of hydrogen-bond acceptors (Lipinski definition) is 3. The van der Waals surface area contributed by atoms with E-state index in [1.807, 2.05) is 30.3 Å². The second-order valence-corrected chi connectivity index (χ2v) is 8.15. The molecule has 0 amide bonds. The van der Waals surface area contributed by atoms with Crippen LogP contribution in [0.15, 0.2) is 30.3 Å². The van der Waals surface area contributed by atoms with E-state index >= 15 is 0 Å². The SMILES string of the molecule is N#C[C@H](N[C@H](CO)c1ccccc1)C12CC3CC(CC(C3)C1)C2. The summed E-state index contributed by atoms with van der Waals surface area (Å²) in [7, 11) is 0. The van der Waals surface area contributed by atoms with Crippen molar-refractivity contribution in [1.29, 1.82) is 5.26 Å². The van der Waals surface area contributed by atoms with Crippen molar-refractivity contribution in [3.8, 4) is 6.07 Å². The Kier molecular flexibility index (Phi) is 3.91. The van der Waals surface area contributed by atoms with E-state index in [-0.39, 0.29) is 24.1 Å². The van der Waals surface area contributed by atoms with Gasteiger partial charge in [-0.15, -0.1) is 0 Å². The van der Waals surface area contributed by atoms with Crippen LogP contribution in [0, 0.1) is 34.5 Å². The molecule has 4 aliphatic carbocycles. The van der Waals surface area contributed by atoms with Gasteiger partial charge in [-0.2, -0.15) is 5.26 Å². The fraction of sp³-hybridized carbons (Fsp3) is 0.650. The van der Waals surface area contributed by atoms with Crippen LogP contribution >= 0.6 is 0 Å². The molecule has 0 aromatic heterocycles. The summed E-state index contributed by atoms with van der Waals surface area (Å²) in [5.41, 5.74) is 1.21. The van der Waals surface area contributed by atoms with Gasteiger partial charge in [0, 0.05) is 0 Å². The van der Waals surface area contributed by atoms with Gasteiger partial charge in [0.1, 0.15) is 6.04 Å². The van der Waals surface area contributed by atoms with Crippen LogP contribution in [0.25, 0.3) is 0 Å². The first-order valence-corrected chi connectivity index (χ1v) is 9.04. The third kappa shape index (κ3) is 2.69. The zero-order chi connectivity index (χ0) is 15.9. The lowest BCUT2D eigenvalue weighted by atomic mass is 9.48. The van der Waals surface area contributed by atoms with Gasteiger partial charge >= 0.3 is 0 Å². The lowest BCUT2D eigenvalue weighted by Gasteiger charge is -2.58. The number of benzene rings is 1. The van der Waals surface area contributed by atoms with Gasteiger partial charge in [0.25, 0.3) is 0 Å². The average molecular weight is 310 g/mol. The third-order valence-electron chi connectivity index (χ3n) is 6.58. The molecule has 2 N–H and O–H groups in total. The lowest BCUT2D eigenvalue weighted by molar-refractivity contribution is -0.0661. The summed E-state index contributed by atoms with van der Waals surface area (Å²) in [5, 5.41) is 23.2. The van der Waals surface area contributed by atoms with Gasteiger partial charge in [-0.25, -0.2) is 0 Å². The van der Waals surface area contributed by atoms with Crippen molar-refractivity contribution in [2.45, 2.75) is 50.6 Å². The number of aliphatic hydroxyl groups is 1. The summed E-state index contributed by atoms with van der Waals surface area (Å²) in [6, 6.07) is 12.3. The first kappa shape index (κ1) is 15.2. The molecule has 0 unspecified atom stereocenters. The first-order valence-electron chi connectivity index (χ1n) is 9.04. The van der Waals surface area contributed by atoms with E-state index in [9.17, 15) is 10.4 Å². The Labute approximate surface area is 138 Å². The van der Waals surface area contributed by atoms with Gasteiger partial charge in [0.2, 0.25) is 0 Å². The van der Waals surface area contributed by atoms with Gasteiger partial charge in [-0.3, -0.25) is 5.32 Å². The van der Waals surface area contributed by atoms with Crippen molar-refractivity contribution in [3.05, 3.63) is 35.9 Å². The highest BCUT2D eigenvalue weighted by atomic mass is 16.3. The highest BCUT2D eigenvalue weighted by Gasteiger charge is 2.54. The highest BCUT2D eigenvalue weighted by Crippen LogP contribution is 2.61. The maximum absolute atomic E-state index is 9.88. The molecule has 5 rings (SSSR count). The average Bonchev–Trinajstić information content (AvgIpc) is 2.55. The van der Waals surface area contributed by atoms with Crippen LogP contribution in [-0.4, -0.2) is 17.8 Å². The van der Waals surface area contributed by atoms with E-state index in [1.54, 1.807) is 0 Å². The predicted octanol–water partition coefficient (Wildman–Crippen LogP) is 3.42. The van der Waals surface area contributed by atoms with Crippen LogP contribution in [0.2, 0.25) is 0 Å². The molecule has 2 atom stereocenters. The Balaban J connectivity index is 1.56. The standard InChI is InChI=1S/C20H26N2O/c21-12-19(22-18(13-23)17-4-2-1-3-5-17)20-9-14-6-15(10-20)8-16(7-14)11-20/h1-5,14-16,18-19,22-23H,6-11,13H2/t14?,15?,16?,18-,19+,20?/m1/s1. The Bertz CT molecular complexity index is 556. The summed E-state index contributed by atoms with van der Waals surface area (Å²) >= 11 is 0. The van der Waals surface area contributed by atoms with Crippen molar-refractivity contribution in [2.24, 2.45) is 23.2 Å². The minimum atomic E-state index is -0.145. The molecule has 3 heteroatoms. The Morgan fingerprint density at radius 2 is 1.65 bits per heavy atom. The zero-order valence-electron chi connectivity index (χ0n) is 13.6. The molecule has 4 aliphatic rings. The molecule has 0 saturated heterocycles. The van der Waals surface area contributed by atoms with Gasteiger partial charge in [-0.05, 0) is 67.3 Å². The van der Waals surface area contributed by atoms with Crippen molar-refractivity contribution < 1.29 is 5.11 Å². The quantitative estimate of drug-likeness (QED) is 0.876. The van der Waals surface area contributed by atoms with Crippen molar-refractivity contribution in [2.75, 3.05) is 6.61 Å². The summed E-state index contributed by atoms with van der Waals surface area (Å²) < 4.78 is 0. The molecule has 0 radical (unpaired) electrons. The fourth-order valence-corrected chi connectivity index (χ4v) is 6.02. The second-order valence-electron chi connectivity index (χ2n) is 8.15. The number of nitrogens with one attached hydrogen (secondary N) is 1. The van der Waals surface area contributed by atoms with E-state index in [0.29, 0.717) is 0 Å². The number of rotatable bonds is 5. The van der Waals surface area contributed by atoms with E-state index in [2.05, 4.69) is 11.4 Å². The van der Waals surface area contributed by atoms with Crippen LogP contribution in [-0.2, 0) is 0 Å². The van der Waals surface area contributed by atoms with Crippen molar-refractivity contribution >= 4 is 0 Å². The molecule has 4 fully saturated rings. The topological polar surface area (TPSA) is 56.0 Å². The number of aliphatic hydroxyl groups excluding tert-OH is 1. The molecule has 122 valence electrons. The summed E-state index contributed by atoms with van der Waals surface area (Å²) in [4.78, 5) is 0. The monoisotopic (exact) mass is 310 g/mol. The Morgan fingerprint density at radius 1 is 1.09 bits per heavy atom. The molecule has 1 aromatic carbocycles. The lowest BCUT2D eigenvalue weighted by Crippen LogP contribution is -2.56. The molecule has 0 spiro atoms. The second kappa shape index (κ2) is 5.92. The summed E-state index contributed by atoms with van der Waals surface area (Å²) in [6.07, 6.45) is 7.78. The van der Waals surface area contributed by atoms with Gasteiger partial charge < -0.3 is 5.11 Å². The molecule has 4 bridgehead atoms. The van der Waals surface area contributed by atoms with E-state index < -0.39 is 0 Å². The largest absolute Gasteiger partial charge is 0.394 e. The normalized spacial score (nSPS) is 37.3. The number of hydrogen-bond donors (Lipinski definition) is 2. The van der Waals surface area contributed by atoms with E-state index in [4.69, 9.17) is 0 Å². The Hall–Kier alpha value is -1.37. The number of nitrogens with zero attached hydrogens (tertiary/aromatic N) is 1. The minimum Gasteiger partial charge on any atom is -0.394 e. The molecule has 1 aromatic rings. The fourth-order valence-electron chi connectivity index (χ4n) is 6.02. The maximum atomic E-state index is 9.88. The maximum Gasteiger partial charge on any atom is 0.102 e. The summed E-state index contributed by atoms with van der Waals surface area (Å²) in [6.45, 7) is 0.0363. The van der Waals surface area contributed by atoms with Crippen LogP contribution < -0.4 is 5.32 Å². The van der Waals surface area contributed by atoms with Crippen LogP contribution in [0.4, 0.5) is 0 Å². The van der Waals surface area contributed by atoms with Crippen molar-refractivity contribution in [1.82, 2.24) is 5.32 Å². The first-order chi connectivity index (χ1) is 11.2. The molecule has 0 aliphatic heterocycles. The highest BCUT2D eigenvalue weighted by molar-refractivity contribution is 5.21.